The van der Waals surface area contributed by atoms with Gasteiger partial charge in [-0.05, 0) is 19.3 Å². The highest BCUT2D eigenvalue weighted by molar-refractivity contribution is 5.77. The third-order valence-corrected chi connectivity index (χ3v) is 4.96. The molecule has 0 saturated carbocycles. The predicted molar refractivity (Wildman–Crippen MR) is 107 cm³/mol. The maximum Gasteiger partial charge on any atom is 0.320 e. The van der Waals surface area contributed by atoms with Crippen molar-refractivity contribution >= 4 is 11.9 Å². The quantitative estimate of drug-likeness (QED) is 0.252. The van der Waals surface area contributed by atoms with Gasteiger partial charge in [0, 0.05) is 13.0 Å². The van der Waals surface area contributed by atoms with Gasteiger partial charge < -0.3 is 16.6 Å². The summed E-state index contributed by atoms with van der Waals surface area (Å²) in [4.78, 5) is 24.4. The van der Waals surface area contributed by atoms with Gasteiger partial charge in [-0.25, -0.2) is 0 Å². The Morgan fingerprint density at radius 2 is 1.42 bits per heavy atom. The molecule has 0 aromatic heterocycles. The molecule has 1 amide bonds. The summed E-state index contributed by atoms with van der Waals surface area (Å²) in [5.41, 5.74) is 11.3. The first-order chi connectivity index (χ1) is 12.4. The number of rotatable bonds is 18. The Kier molecular flexibility index (Phi) is 15.4. The number of primary amides is 1. The van der Waals surface area contributed by atoms with E-state index in [0.29, 0.717) is 13.0 Å². The average molecular weight is 372 g/mol. The fraction of sp³-hybridized carbons (Fsp3) is 0.900. The van der Waals surface area contributed by atoms with Crippen molar-refractivity contribution in [3.05, 3.63) is 0 Å². The Labute approximate surface area is 159 Å². The molecule has 2 atom stereocenters. The molecule has 6 nitrogen and oxygen atoms in total. The largest absolute Gasteiger partial charge is 0.480 e. The molecule has 0 aliphatic carbocycles. The van der Waals surface area contributed by atoms with E-state index in [1.165, 1.54) is 51.4 Å². The lowest BCUT2D eigenvalue weighted by Gasteiger charge is -2.33. The summed E-state index contributed by atoms with van der Waals surface area (Å²) < 4.78 is 0. The molecule has 0 aliphatic heterocycles. The molecule has 0 saturated heterocycles. The van der Waals surface area contributed by atoms with E-state index in [1.54, 1.807) is 0 Å². The summed E-state index contributed by atoms with van der Waals surface area (Å²) >= 11 is 0. The monoisotopic (exact) mass is 371 g/mol. The molecule has 0 aromatic rings. The topological polar surface area (TPSA) is 110 Å². The lowest BCUT2D eigenvalue weighted by Crippen LogP contribution is -2.51. The van der Waals surface area contributed by atoms with Crippen molar-refractivity contribution in [1.82, 2.24) is 4.90 Å². The SMILES string of the molecule is CCCCCCCCCCCCN(C(N)CC)C(CCC(N)=O)C(=O)O. The van der Waals surface area contributed by atoms with Gasteiger partial charge in [0.05, 0.1) is 6.17 Å². The number of carbonyl (C=O) groups is 2. The van der Waals surface area contributed by atoms with Crippen LogP contribution < -0.4 is 11.5 Å². The molecule has 0 spiro atoms. The summed E-state index contributed by atoms with van der Waals surface area (Å²) in [5.74, 6) is -1.40. The van der Waals surface area contributed by atoms with Crippen molar-refractivity contribution in [2.24, 2.45) is 11.5 Å². The van der Waals surface area contributed by atoms with Crippen LogP contribution in [-0.2, 0) is 9.59 Å². The zero-order valence-corrected chi connectivity index (χ0v) is 16.9. The lowest BCUT2D eigenvalue weighted by atomic mass is 10.0. The van der Waals surface area contributed by atoms with Crippen LogP contribution in [0.15, 0.2) is 0 Å². The van der Waals surface area contributed by atoms with E-state index in [1.807, 2.05) is 11.8 Å². The number of carboxylic acid groups (broad SMARTS) is 1. The van der Waals surface area contributed by atoms with E-state index in [2.05, 4.69) is 6.92 Å². The van der Waals surface area contributed by atoms with Gasteiger partial charge in [0.25, 0.3) is 0 Å². The Bertz CT molecular complexity index is 377. The fourth-order valence-electron chi connectivity index (χ4n) is 3.28. The molecule has 0 aliphatic rings. The number of carbonyl (C=O) groups excluding carboxylic acids is 1. The Hall–Kier alpha value is -1.14. The summed E-state index contributed by atoms with van der Waals surface area (Å²) in [6.45, 7) is 4.83. The van der Waals surface area contributed by atoms with Crippen LogP contribution >= 0.6 is 0 Å². The maximum absolute atomic E-state index is 11.6. The van der Waals surface area contributed by atoms with Crippen LogP contribution in [0.5, 0.6) is 0 Å². The van der Waals surface area contributed by atoms with Gasteiger partial charge in [-0.2, -0.15) is 0 Å². The van der Waals surface area contributed by atoms with Crippen LogP contribution in [-0.4, -0.2) is 40.6 Å². The number of carboxylic acids is 1. The number of unbranched alkanes of at least 4 members (excludes halogenated alkanes) is 9. The van der Waals surface area contributed by atoms with Crippen molar-refractivity contribution in [3.8, 4) is 0 Å². The normalized spacial score (nSPS) is 13.7. The Morgan fingerprint density at radius 1 is 0.923 bits per heavy atom. The number of nitrogens with zero attached hydrogens (tertiary/aromatic N) is 1. The molecule has 0 rings (SSSR count). The molecule has 0 heterocycles. The zero-order valence-electron chi connectivity index (χ0n) is 16.9. The average Bonchev–Trinajstić information content (AvgIpc) is 2.60. The maximum atomic E-state index is 11.6. The van der Waals surface area contributed by atoms with E-state index >= 15 is 0 Å². The van der Waals surface area contributed by atoms with Crippen LogP contribution in [0.1, 0.15) is 97.3 Å². The summed E-state index contributed by atoms with van der Waals surface area (Å²) in [6, 6.07) is -0.740. The lowest BCUT2D eigenvalue weighted by molar-refractivity contribution is -0.145. The third kappa shape index (κ3) is 12.3. The minimum Gasteiger partial charge on any atom is -0.480 e. The van der Waals surface area contributed by atoms with E-state index in [0.717, 1.165) is 12.8 Å². The molecule has 0 fully saturated rings. The van der Waals surface area contributed by atoms with Crippen LogP contribution in [0.2, 0.25) is 0 Å². The second-order valence-electron chi connectivity index (χ2n) is 7.25. The number of aliphatic carboxylic acids is 1. The van der Waals surface area contributed by atoms with E-state index in [4.69, 9.17) is 11.5 Å². The molecule has 6 heteroatoms. The van der Waals surface area contributed by atoms with E-state index in [-0.39, 0.29) is 19.0 Å². The molecule has 0 bridgehead atoms. The smallest absolute Gasteiger partial charge is 0.320 e. The first-order valence-electron chi connectivity index (χ1n) is 10.5. The highest BCUT2D eigenvalue weighted by atomic mass is 16.4. The van der Waals surface area contributed by atoms with Crippen LogP contribution in [0, 0.1) is 0 Å². The molecule has 0 radical (unpaired) electrons. The minimum absolute atomic E-state index is 0.0714. The molecule has 5 N–H and O–H groups in total. The molecule has 0 aromatic carbocycles. The standard InChI is InChI=1S/C20H41N3O3/c1-3-5-6-7-8-9-10-11-12-13-16-23(18(21)4-2)17(20(25)26)14-15-19(22)24/h17-18H,3-16,21H2,1-2H3,(H2,22,24)(H,25,26). The number of hydrogen-bond acceptors (Lipinski definition) is 4. The van der Waals surface area contributed by atoms with Gasteiger partial charge in [0.15, 0.2) is 0 Å². The van der Waals surface area contributed by atoms with E-state index < -0.39 is 17.9 Å². The second-order valence-corrected chi connectivity index (χ2v) is 7.25. The first-order valence-corrected chi connectivity index (χ1v) is 10.5. The zero-order chi connectivity index (χ0) is 19.8. The van der Waals surface area contributed by atoms with Crippen molar-refractivity contribution < 1.29 is 14.7 Å². The van der Waals surface area contributed by atoms with Gasteiger partial charge >= 0.3 is 5.97 Å². The number of hydrogen-bond donors (Lipinski definition) is 3. The van der Waals surface area contributed by atoms with Gasteiger partial charge in [0.1, 0.15) is 6.04 Å². The Morgan fingerprint density at radius 3 is 1.85 bits per heavy atom. The van der Waals surface area contributed by atoms with E-state index in [9.17, 15) is 14.7 Å². The van der Waals surface area contributed by atoms with Crippen molar-refractivity contribution in [2.45, 2.75) is 110 Å². The van der Waals surface area contributed by atoms with Crippen molar-refractivity contribution in [2.75, 3.05) is 6.54 Å². The van der Waals surface area contributed by atoms with Gasteiger partial charge in [-0.15, -0.1) is 0 Å². The fourth-order valence-corrected chi connectivity index (χ4v) is 3.28. The van der Waals surface area contributed by atoms with Crippen molar-refractivity contribution in [1.29, 1.82) is 0 Å². The van der Waals surface area contributed by atoms with Gasteiger partial charge in [-0.3, -0.25) is 14.5 Å². The summed E-state index contributed by atoms with van der Waals surface area (Å²) in [7, 11) is 0. The molecule has 2 unspecified atom stereocenters. The first kappa shape index (κ1) is 24.9. The summed E-state index contributed by atoms with van der Waals surface area (Å²) in [6.07, 6.45) is 13.0. The number of amides is 1. The molecular weight excluding hydrogens is 330 g/mol. The molecule has 26 heavy (non-hydrogen) atoms. The van der Waals surface area contributed by atoms with Gasteiger partial charge in [0.2, 0.25) is 5.91 Å². The minimum atomic E-state index is -0.928. The van der Waals surface area contributed by atoms with Crippen molar-refractivity contribution in [3.63, 3.8) is 0 Å². The highest BCUT2D eigenvalue weighted by Crippen LogP contribution is 2.15. The third-order valence-electron chi connectivity index (χ3n) is 4.96. The highest BCUT2D eigenvalue weighted by Gasteiger charge is 2.28. The van der Waals surface area contributed by atoms with Gasteiger partial charge in [-0.1, -0.05) is 71.6 Å². The molecule has 154 valence electrons. The predicted octanol–water partition coefficient (Wildman–Crippen LogP) is 3.62. The number of nitrogens with two attached hydrogens (primary N) is 2. The van der Waals surface area contributed by atoms with Crippen LogP contribution in [0.25, 0.3) is 0 Å². The van der Waals surface area contributed by atoms with Crippen LogP contribution in [0.4, 0.5) is 0 Å². The van der Waals surface area contributed by atoms with Crippen LogP contribution in [0.3, 0.4) is 0 Å². The second kappa shape index (κ2) is 16.1. The Balaban J connectivity index is 4.17. The molecular formula is C20H41N3O3. The summed E-state index contributed by atoms with van der Waals surface area (Å²) in [5, 5.41) is 9.51.